The van der Waals surface area contributed by atoms with Crippen molar-refractivity contribution in [1.82, 2.24) is 0 Å². The van der Waals surface area contributed by atoms with E-state index < -0.39 is 0 Å². The van der Waals surface area contributed by atoms with Gasteiger partial charge in [0, 0.05) is 0 Å². The smallest absolute Gasteiger partial charge is 0.310 e. The first kappa shape index (κ1) is 12.9. The maximum atomic E-state index is 11.7. The fourth-order valence-corrected chi connectivity index (χ4v) is 2.33. The van der Waals surface area contributed by atoms with Crippen LogP contribution in [-0.4, -0.2) is 12.6 Å². The van der Waals surface area contributed by atoms with Gasteiger partial charge in [0.15, 0.2) is 0 Å². The Kier molecular flexibility index (Phi) is 3.85. The molecule has 0 atom stereocenters. The molecule has 2 heteroatoms. The molecule has 1 aromatic rings. The second kappa shape index (κ2) is 5.38. The van der Waals surface area contributed by atoms with Gasteiger partial charge in [0.05, 0.1) is 13.0 Å². The SMILES string of the molecule is C=C(C)c1cccc(C2CC2)c1CC(=O)OCC. The first-order valence-corrected chi connectivity index (χ1v) is 6.56. The number of carbonyl (C=O) groups excluding carboxylic acids is 1. The molecule has 1 aromatic carbocycles. The summed E-state index contributed by atoms with van der Waals surface area (Å²) in [6, 6.07) is 6.24. The van der Waals surface area contributed by atoms with Gasteiger partial charge in [-0.3, -0.25) is 4.79 Å². The fourth-order valence-electron chi connectivity index (χ4n) is 2.33. The van der Waals surface area contributed by atoms with E-state index in [1.807, 2.05) is 19.9 Å². The lowest BCUT2D eigenvalue weighted by molar-refractivity contribution is -0.142. The number of carbonyl (C=O) groups is 1. The van der Waals surface area contributed by atoms with Gasteiger partial charge in [-0.2, -0.15) is 0 Å². The summed E-state index contributed by atoms with van der Waals surface area (Å²) in [6.07, 6.45) is 2.83. The van der Waals surface area contributed by atoms with Crippen molar-refractivity contribution >= 4 is 11.5 Å². The van der Waals surface area contributed by atoms with E-state index >= 15 is 0 Å². The van der Waals surface area contributed by atoms with Gasteiger partial charge in [-0.1, -0.05) is 30.4 Å². The van der Waals surface area contributed by atoms with Crippen LogP contribution in [0.4, 0.5) is 0 Å². The number of ether oxygens (including phenoxy) is 1. The molecule has 0 radical (unpaired) electrons. The molecule has 0 unspecified atom stereocenters. The van der Waals surface area contributed by atoms with Crippen LogP contribution >= 0.6 is 0 Å². The summed E-state index contributed by atoms with van der Waals surface area (Å²) in [5.74, 6) is 0.488. The Morgan fingerprint density at radius 1 is 1.44 bits per heavy atom. The van der Waals surface area contributed by atoms with Crippen LogP contribution in [0.3, 0.4) is 0 Å². The molecule has 1 aliphatic carbocycles. The average Bonchev–Trinajstić information content (AvgIpc) is 3.13. The van der Waals surface area contributed by atoms with E-state index in [0.717, 1.165) is 16.7 Å². The molecule has 1 aliphatic rings. The van der Waals surface area contributed by atoms with Crippen molar-refractivity contribution in [2.75, 3.05) is 6.61 Å². The summed E-state index contributed by atoms with van der Waals surface area (Å²) in [6.45, 7) is 8.27. The second-order valence-electron chi connectivity index (χ2n) is 4.91. The van der Waals surface area contributed by atoms with Gasteiger partial charge in [0.2, 0.25) is 0 Å². The second-order valence-corrected chi connectivity index (χ2v) is 4.91. The van der Waals surface area contributed by atoms with Crippen molar-refractivity contribution in [2.45, 2.75) is 39.0 Å². The van der Waals surface area contributed by atoms with E-state index in [1.54, 1.807) is 0 Å². The highest BCUT2D eigenvalue weighted by molar-refractivity contribution is 5.77. The van der Waals surface area contributed by atoms with Crippen LogP contribution in [-0.2, 0) is 16.0 Å². The Hall–Kier alpha value is -1.57. The molecule has 0 bridgehead atoms. The zero-order valence-electron chi connectivity index (χ0n) is 11.2. The van der Waals surface area contributed by atoms with Crippen molar-refractivity contribution in [3.63, 3.8) is 0 Å². The molecule has 96 valence electrons. The zero-order chi connectivity index (χ0) is 13.1. The monoisotopic (exact) mass is 244 g/mol. The van der Waals surface area contributed by atoms with Gasteiger partial charge in [0.1, 0.15) is 0 Å². The fraction of sp³-hybridized carbons (Fsp3) is 0.438. The number of allylic oxidation sites excluding steroid dienone is 1. The summed E-state index contributed by atoms with van der Waals surface area (Å²) in [5.41, 5.74) is 4.54. The number of benzene rings is 1. The van der Waals surface area contributed by atoms with Gasteiger partial charge in [-0.05, 0) is 49.3 Å². The van der Waals surface area contributed by atoms with Crippen molar-refractivity contribution in [2.24, 2.45) is 0 Å². The van der Waals surface area contributed by atoms with E-state index in [-0.39, 0.29) is 5.97 Å². The van der Waals surface area contributed by atoms with Crippen LogP contribution < -0.4 is 0 Å². The molecule has 1 saturated carbocycles. The number of hydrogen-bond acceptors (Lipinski definition) is 2. The molecule has 0 aliphatic heterocycles. The van der Waals surface area contributed by atoms with Crippen LogP contribution in [0.15, 0.2) is 24.8 Å². The van der Waals surface area contributed by atoms with E-state index in [2.05, 4.69) is 18.7 Å². The number of hydrogen-bond donors (Lipinski definition) is 0. The summed E-state index contributed by atoms with van der Waals surface area (Å²) in [4.78, 5) is 11.7. The quantitative estimate of drug-likeness (QED) is 0.738. The highest BCUT2D eigenvalue weighted by atomic mass is 16.5. The number of rotatable bonds is 5. The lowest BCUT2D eigenvalue weighted by Gasteiger charge is -2.14. The predicted octanol–water partition coefficient (Wildman–Crippen LogP) is 3.70. The minimum absolute atomic E-state index is 0.145. The molecule has 1 fully saturated rings. The molecule has 0 N–H and O–H groups in total. The van der Waals surface area contributed by atoms with Gasteiger partial charge in [0.25, 0.3) is 0 Å². The molecule has 0 heterocycles. The maximum Gasteiger partial charge on any atom is 0.310 e. The third kappa shape index (κ3) is 2.81. The summed E-state index contributed by atoms with van der Waals surface area (Å²) < 4.78 is 5.07. The van der Waals surface area contributed by atoms with Crippen molar-refractivity contribution in [3.8, 4) is 0 Å². The number of esters is 1. The molecule has 18 heavy (non-hydrogen) atoms. The Morgan fingerprint density at radius 2 is 2.17 bits per heavy atom. The van der Waals surface area contributed by atoms with E-state index in [0.29, 0.717) is 18.9 Å². The molecule has 0 spiro atoms. The highest BCUT2D eigenvalue weighted by Crippen LogP contribution is 2.43. The van der Waals surface area contributed by atoms with Crippen LogP contribution in [0, 0.1) is 0 Å². The Labute approximate surface area is 109 Å². The Morgan fingerprint density at radius 3 is 2.72 bits per heavy atom. The average molecular weight is 244 g/mol. The minimum Gasteiger partial charge on any atom is -0.466 e. The van der Waals surface area contributed by atoms with Crippen LogP contribution in [0.5, 0.6) is 0 Å². The summed E-state index contributed by atoms with van der Waals surface area (Å²) in [7, 11) is 0. The van der Waals surface area contributed by atoms with Crippen LogP contribution in [0.25, 0.3) is 5.57 Å². The lowest BCUT2D eigenvalue weighted by Crippen LogP contribution is -2.11. The van der Waals surface area contributed by atoms with Gasteiger partial charge in [-0.15, -0.1) is 0 Å². The van der Waals surface area contributed by atoms with Crippen LogP contribution in [0.1, 0.15) is 49.3 Å². The van der Waals surface area contributed by atoms with Gasteiger partial charge < -0.3 is 4.74 Å². The molecule has 0 amide bonds. The molecule has 0 saturated heterocycles. The highest BCUT2D eigenvalue weighted by Gasteiger charge is 2.27. The molecular weight excluding hydrogens is 224 g/mol. The summed E-state index contributed by atoms with van der Waals surface area (Å²) in [5, 5.41) is 0. The van der Waals surface area contributed by atoms with E-state index in [9.17, 15) is 4.79 Å². The normalized spacial score (nSPS) is 14.3. The summed E-state index contributed by atoms with van der Waals surface area (Å²) >= 11 is 0. The minimum atomic E-state index is -0.145. The first-order valence-electron chi connectivity index (χ1n) is 6.56. The largest absolute Gasteiger partial charge is 0.466 e. The van der Waals surface area contributed by atoms with Crippen LogP contribution in [0.2, 0.25) is 0 Å². The first-order chi connectivity index (χ1) is 8.63. The van der Waals surface area contributed by atoms with E-state index in [4.69, 9.17) is 4.74 Å². The Bertz CT molecular complexity index is 470. The molecule has 2 rings (SSSR count). The Balaban J connectivity index is 2.34. The molecular formula is C16H20O2. The van der Waals surface area contributed by atoms with Crippen molar-refractivity contribution < 1.29 is 9.53 Å². The van der Waals surface area contributed by atoms with Crippen molar-refractivity contribution in [1.29, 1.82) is 0 Å². The van der Waals surface area contributed by atoms with Crippen molar-refractivity contribution in [3.05, 3.63) is 41.5 Å². The van der Waals surface area contributed by atoms with Gasteiger partial charge >= 0.3 is 5.97 Å². The predicted molar refractivity (Wildman–Crippen MR) is 73.5 cm³/mol. The topological polar surface area (TPSA) is 26.3 Å². The zero-order valence-corrected chi connectivity index (χ0v) is 11.2. The maximum absolute atomic E-state index is 11.7. The molecule has 0 aromatic heterocycles. The third-order valence-electron chi connectivity index (χ3n) is 3.32. The third-order valence-corrected chi connectivity index (χ3v) is 3.32. The van der Waals surface area contributed by atoms with E-state index in [1.165, 1.54) is 18.4 Å². The lowest BCUT2D eigenvalue weighted by atomic mass is 9.92. The van der Waals surface area contributed by atoms with Gasteiger partial charge in [-0.25, -0.2) is 0 Å². The molecule has 2 nitrogen and oxygen atoms in total. The standard InChI is InChI=1S/C16H20O2/c1-4-18-16(17)10-15-13(11(2)3)6-5-7-14(15)12-8-9-12/h5-7,12H,2,4,8-10H2,1,3H3.